The van der Waals surface area contributed by atoms with Crippen molar-refractivity contribution in [3.05, 3.63) is 23.8 Å². The van der Waals surface area contributed by atoms with Crippen LogP contribution in [0.4, 0.5) is 0 Å². The number of rotatable bonds is 9. The van der Waals surface area contributed by atoms with Gasteiger partial charge in [0.05, 0.1) is 12.4 Å². The van der Waals surface area contributed by atoms with Crippen molar-refractivity contribution in [1.29, 1.82) is 0 Å². The molecule has 1 aromatic carbocycles. The van der Waals surface area contributed by atoms with Gasteiger partial charge < -0.3 is 9.47 Å². The summed E-state index contributed by atoms with van der Waals surface area (Å²) in [5.74, 6) is 1.57. The molecule has 0 radical (unpaired) electrons. The van der Waals surface area contributed by atoms with Gasteiger partial charge in [0.25, 0.3) is 0 Å². The normalized spacial score (nSPS) is 16.0. The van der Waals surface area contributed by atoms with Crippen LogP contribution in [0.5, 0.6) is 11.5 Å². The average Bonchev–Trinajstić information content (AvgIpc) is 2.78. The predicted molar refractivity (Wildman–Crippen MR) is 91.7 cm³/mol. The summed E-state index contributed by atoms with van der Waals surface area (Å²) in [6.07, 6.45) is 3.14. The molecule has 0 aromatic heterocycles. The molecule has 5 nitrogen and oxygen atoms in total. The molecule has 1 aliphatic heterocycles. The molecule has 0 aliphatic carbocycles. The van der Waals surface area contributed by atoms with Gasteiger partial charge in [0.15, 0.2) is 11.5 Å². The van der Waals surface area contributed by atoms with Crippen molar-refractivity contribution < 1.29 is 17.9 Å². The van der Waals surface area contributed by atoms with Crippen molar-refractivity contribution in [2.45, 2.75) is 52.1 Å². The quantitative estimate of drug-likeness (QED) is 0.702. The fourth-order valence-electron chi connectivity index (χ4n) is 2.61. The first-order chi connectivity index (χ1) is 10.8. The van der Waals surface area contributed by atoms with E-state index >= 15 is 0 Å². The average molecular weight is 341 g/mol. The smallest absolute Gasteiger partial charge is 0.211 e. The van der Waals surface area contributed by atoms with E-state index in [1.807, 2.05) is 39.0 Å². The minimum Gasteiger partial charge on any atom is -0.490 e. The van der Waals surface area contributed by atoms with Crippen molar-refractivity contribution in [3.8, 4) is 11.5 Å². The Balaban J connectivity index is 1.81. The SMILES string of the molecule is CCCCNS(=O)(=O)CCCOc1cccc2c1OC(C)(C)C2. The Morgan fingerprint density at radius 2 is 2.09 bits per heavy atom. The molecule has 0 saturated heterocycles. The molecule has 0 atom stereocenters. The van der Waals surface area contributed by atoms with E-state index in [-0.39, 0.29) is 11.4 Å². The topological polar surface area (TPSA) is 64.6 Å². The van der Waals surface area contributed by atoms with E-state index in [0.29, 0.717) is 25.3 Å². The number of sulfonamides is 1. The summed E-state index contributed by atoms with van der Waals surface area (Å²) in [5.41, 5.74) is 0.926. The standard InChI is InChI=1S/C17H27NO4S/c1-4-5-10-18-23(19,20)12-7-11-21-15-9-6-8-14-13-17(2,3)22-16(14)15/h6,8-9,18H,4-5,7,10-13H2,1-3H3. The van der Waals surface area contributed by atoms with Gasteiger partial charge in [0, 0.05) is 18.5 Å². The number of benzene rings is 1. The lowest BCUT2D eigenvalue weighted by atomic mass is 10.0. The number of nitrogens with one attached hydrogen (secondary N) is 1. The van der Waals surface area contributed by atoms with Crippen LogP contribution < -0.4 is 14.2 Å². The maximum atomic E-state index is 11.8. The summed E-state index contributed by atoms with van der Waals surface area (Å²) >= 11 is 0. The van der Waals surface area contributed by atoms with Gasteiger partial charge in [0.2, 0.25) is 10.0 Å². The lowest BCUT2D eigenvalue weighted by molar-refractivity contribution is 0.132. The van der Waals surface area contributed by atoms with E-state index in [1.165, 1.54) is 0 Å². The second-order valence-corrected chi connectivity index (χ2v) is 8.48. The zero-order valence-electron chi connectivity index (χ0n) is 14.2. The Labute approximate surface area is 139 Å². The summed E-state index contributed by atoms with van der Waals surface area (Å²) in [4.78, 5) is 0. The molecule has 1 aromatic rings. The van der Waals surface area contributed by atoms with Crippen molar-refractivity contribution >= 4 is 10.0 Å². The monoisotopic (exact) mass is 341 g/mol. The molecule has 0 saturated carbocycles. The number of ether oxygens (including phenoxy) is 2. The number of hydrogen-bond acceptors (Lipinski definition) is 4. The van der Waals surface area contributed by atoms with Crippen molar-refractivity contribution in [3.63, 3.8) is 0 Å². The number of para-hydroxylation sites is 1. The van der Waals surface area contributed by atoms with E-state index in [9.17, 15) is 8.42 Å². The molecule has 0 fully saturated rings. The lowest BCUT2D eigenvalue weighted by Gasteiger charge is -2.18. The molecular formula is C17H27NO4S. The van der Waals surface area contributed by atoms with Crippen LogP contribution in [0.3, 0.4) is 0 Å². The Kier molecular flexibility index (Phi) is 5.92. The molecule has 0 bridgehead atoms. The molecule has 0 amide bonds. The van der Waals surface area contributed by atoms with Crippen LogP contribution in [0.25, 0.3) is 0 Å². The third kappa shape index (κ3) is 5.39. The van der Waals surface area contributed by atoms with Crippen molar-refractivity contribution in [1.82, 2.24) is 4.72 Å². The number of hydrogen-bond donors (Lipinski definition) is 1. The van der Waals surface area contributed by atoms with Crippen LogP contribution >= 0.6 is 0 Å². The summed E-state index contributed by atoms with van der Waals surface area (Å²) in [6, 6.07) is 5.86. The summed E-state index contributed by atoms with van der Waals surface area (Å²) in [5, 5.41) is 0. The summed E-state index contributed by atoms with van der Waals surface area (Å²) in [7, 11) is -3.20. The van der Waals surface area contributed by atoms with Gasteiger partial charge in [-0.25, -0.2) is 13.1 Å². The van der Waals surface area contributed by atoms with E-state index in [0.717, 1.165) is 30.6 Å². The van der Waals surface area contributed by atoms with Gasteiger partial charge in [-0.3, -0.25) is 0 Å². The molecule has 1 N–H and O–H groups in total. The van der Waals surface area contributed by atoms with E-state index < -0.39 is 10.0 Å². The van der Waals surface area contributed by atoms with Crippen molar-refractivity contribution in [2.24, 2.45) is 0 Å². The maximum absolute atomic E-state index is 11.8. The minimum absolute atomic E-state index is 0.0814. The minimum atomic E-state index is -3.20. The van der Waals surface area contributed by atoms with Gasteiger partial charge in [0.1, 0.15) is 5.60 Å². The number of fused-ring (bicyclic) bond motifs is 1. The molecule has 1 heterocycles. The van der Waals surface area contributed by atoms with Crippen molar-refractivity contribution in [2.75, 3.05) is 18.9 Å². The molecule has 23 heavy (non-hydrogen) atoms. The fourth-order valence-corrected chi connectivity index (χ4v) is 3.71. The van der Waals surface area contributed by atoms with E-state index in [2.05, 4.69) is 4.72 Å². The third-order valence-electron chi connectivity index (χ3n) is 3.72. The molecule has 0 spiro atoms. The largest absolute Gasteiger partial charge is 0.490 e. The van der Waals surface area contributed by atoms with Crippen LogP contribution in [-0.2, 0) is 16.4 Å². The van der Waals surface area contributed by atoms with Crippen LogP contribution in [0.15, 0.2) is 18.2 Å². The van der Waals surface area contributed by atoms with Crippen LogP contribution in [0.2, 0.25) is 0 Å². The highest BCUT2D eigenvalue weighted by atomic mass is 32.2. The molecule has 130 valence electrons. The Hall–Kier alpha value is -1.27. The van der Waals surface area contributed by atoms with E-state index in [4.69, 9.17) is 9.47 Å². The van der Waals surface area contributed by atoms with Crippen LogP contribution in [0, 0.1) is 0 Å². The Bertz CT molecular complexity index is 625. The molecule has 0 unspecified atom stereocenters. The van der Waals surface area contributed by atoms with E-state index in [1.54, 1.807) is 0 Å². The Morgan fingerprint density at radius 1 is 1.30 bits per heavy atom. The lowest BCUT2D eigenvalue weighted by Crippen LogP contribution is -2.28. The number of unbranched alkanes of at least 4 members (excludes halogenated alkanes) is 1. The first-order valence-corrected chi connectivity index (χ1v) is 9.89. The Morgan fingerprint density at radius 3 is 2.83 bits per heavy atom. The second-order valence-electron chi connectivity index (χ2n) is 6.55. The van der Waals surface area contributed by atoms with Gasteiger partial charge in [-0.05, 0) is 32.8 Å². The molecular weight excluding hydrogens is 314 g/mol. The third-order valence-corrected chi connectivity index (χ3v) is 5.19. The predicted octanol–water partition coefficient (Wildman–Crippen LogP) is 2.89. The fraction of sp³-hybridized carbons (Fsp3) is 0.647. The van der Waals surface area contributed by atoms with Gasteiger partial charge >= 0.3 is 0 Å². The zero-order valence-corrected chi connectivity index (χ0v) is 15.0. The van der Waals surface area contributed by atoms with Crippen LogP contribution in [-0.4, -0.2) is 32.9 Å². The molecule has 6 heteroatoms. The summed E-state index contributed by atoms with van der Waals surface area (Å²) < 4.78 is 37.9. The highest BCUT2D eigenvalue weighted by Gasteiger charge is 2.32. The van der Waals surface area contributed by atoms with Crippen LogP contribution in [0.1, 0.15) is 45.6 Å². The second kappa shape index (κ2) is 7.53. The van der Waals surface area contributed by atoms with Gasteiger partial charge in [-0.2, -0.15) is 0 Å². The maximum Gasteiger partial charge on any atom is 0.211 e. The molecule has 2 rings (SSSR count). The van der Waals surface area contributed by atoms with Gasteiger partial charge in [-0.15, -0.1) is 0 Å². The van der Waals surface area contributed by atoms with Gasteiger partial charge in [-0.1, -0.05) is 25.5 Å². The highest BCUT2D eigenvalue weighted by molar-refractivity contribution is 7.89. The highest BCUT2D eigenvalue weighted by Crippen LogP contribution is 2.41. The summed E-state index contributed by atoms with van der Waals surface area (Å²) in [6.45, 7) is 6.99. The molecule has 1 aliphatic rings. The zero-order chi connectivity index (χ0) is 16.9. The first-order valence-electron chi connectivity index (χ1n) is 8.24. The first kappa shape index (κ1) is 18.1.